The Labute approximate surface area is 172 Å². The number of carbonyl (C=O) groups excluding carboxylic acids is 2. The lowest BCUT2D eigenvalue weighted by atomic mass is 10.1. The highest BCUT2D eigenvalue weighted by atomic mass is 19.1. The number of carbonyl (C=O) groups is 2. The van der Waals surface area contributed by atoms with Crippen LogP contribution in [0.3, 0.4) is 0 Å². The van der Waals surface area contributed by atoms with Gasteiger partial charge in [-0.05, 0) is 53.6 Å². The zero-order valence-electron chi connectivity index (χ0n) is 16.0. The zero-order valence-corrected chi connectivity index (χ0v) is 16.0. The molecule has 0 bridgehead atoms. The smallest absolute Gasteiger partial charge is 0.282 e. The van der Waals surface area contributed by atoms with Crippen molar-refractivity contribution in [1.82, 2.24) is 5.01 Å². The van der Waals surface area contributed by atoms with E-state index in [1.54, 1.807) is 54.6 Å². The number of rotatable bonds is 6. The summed E-state index contributed by atoms with van der Waals surface area (Å²) in [6.07, 6.45) is 1.41. The first-order valence-corrected chi connectivity index (χ1v) is 9.14. The van der Waals surface area contributed by atoms with E-state index >= 15 is 0 Å². The lowest BCUT2D eigenvalue weighted by Crippen LogP contribution is -2.23. The number of hydrogen-bond acceptors (Lipinski definition) is 5. The average molecular weight is 404 g/mol. The topological polar surface area (TPSA) is 68.2 Å². The summed E-state index contributed by atoms with van der Waals surface area (Å²) >= 11 is 0. The molecule has 1 heterocycles. The second-order valence-electron chi connectivity index (χ2n) is 6.54. The van der Waals surface area contributed by atoms with Crippen molar-refractivity contribution in [2.24, 2.45) is 5.10 Å². The van der Waals surface area contributed by atoms with Crippen molar-refractivity contribution in [2.75, 3.05) is 7.11 Å². The Morgan fingerprint density at radius 3 is 2.23 bits per heavy atom. The molecule has 7 heteroatoms. The standard InChI is InChI=1S/C23H17FN2O4/c1-29-21-12-16(8-11-20(21)30-14-15-6-9-17(24)10-7-15)13-25-26-22(27)18-4-2-3-5-19(18)23(26)28/h2-13H,14H2,1H3. The van der Waals surface area contributed by atoms with Crippen LogP contribution >= 0.6 is 0 Å². The van der Waals surface area contributed by atoms with Gasteiger partial charge in [-0.1, -0.05) is 24.3 Å². The molecule has 0 atom stereocenters. The van der Waals surface area contributed by atoms with Crippen LogP contribution in [0.25, 0.3) is 0 Å². The Bertz CT molecular complexity index is 1110. The molecule has 0 radical (unpaired) electrons. The van der Waals surface area contributed by atoms with Crippen LogP contribution in [0.4, 0.5) is 4.39 Å². The fourth-order valence-corrected chi connectivity index (χ4v) is 3.03. The number of hydrazone groups is 1. The first kappa shape index (κ1) is 19.3. The van der Waals surface area contributed by atoms with Crippen molar-refractivity contribution in [3.63, 3.8) is 0 Å². The molecule has 0 saturated heterocycles. The van der Waals surface area contributed by atoms with Crippen molar-refractivity contribution in [1.29, 1.82) is 0 Å². The first-order valence-electron chi connectivity index (χ1n) is 9.14. The van der Waals surface area contributed by atoms with Gasteiger partial charge in [0.1, 0.15) is 12.4 Å². The molecule has 1 aliphatic rings. The van der Waals surface area contributed by atoms with Crippen LogP contribution in [0.15, 0.2) is 71.8 Å². The average Bonchev–Trinajstić information content (AvgIpc) is 3.02. The van der Waals surface area contributed by atoms with Gasteiger partial charge in [0, 0.05) is 0 Å². The SMILES string of the molecule is COc1cc(C=NN2C(=O)c3ccccc3C2=O)ccc1OCc1ccc(F)cc1. The minimum atomic E-state index is -0.460. The highest BCUT2D eigenvalue weighted by Crippen LogP contribution is 2.29. The number of halogens is 1. The molecule has 150 valence electrons. The van der Waals surface area contributed by atoms with E-state index in [2.05, 4.69) is 5.10 Å². The van der Waals surface area contributed by atoms with E-state index in [0.717, 1.165) is 10.6 Å². The summed E-state index contributed by atoms with van der Waals surface area (Å²) in [4.78, 5) is 24.7. The van der Waals surface area contributed by atoms with Gasteiger partial charge in [0.05, 0.1) is 24.5 Å². The fourth-order valence-electron chi connectivity index (χ4n) is 3.03. The molecule has 1 aliphatic heterocycles. The molecular formula is C23H17FN2O4. The maximum atomic E-state index is 13.0. The maximum absolute atomic E-state index is 13.0. The van der Waals surface area contributed by atoms with Crippen molar-refractivity contribution < 1.29 is 23.5 Å². The van der Waals surface area contributed by atoms with Crippen LogP contribution in [0.5, 0.6) is 11.5 Å². The molecule has 3 aromatic rings. The van der Waals surface area contributed by atoms with Gasteiger partial charge >= 0.3 is 0 Å². The van der Waals surface area contributed by atoms with Crippen molar-refractivity contribution >= 4 is 18.0 Å². The molecule has 0 saturated carbocycles. The number of fused-ring (bicyclic) bond motifs is 1. The van der Waals surface area contributed by atoms with E-state index in [9.17, 15) is 14.0 Å². The van der Waals surface area contributed by atoms with Crippen LogP contribution in [0.2, 0.25) is 0 Å². The number of benzene rings is 3. The van der Waals surface area contributed by atoms with E-state index in [-0.39, 0.29) is 12.4 Å². The van der Waals surface area contributed by atoms with E-state index < -0.39 is 11.8 Å². The normalized spacial score (nSPS) is 13.1. The number of amides is 2. The Morgan fingerprint density at radius 2 is 1.60 bits per heavy atom. The van der Waals surface area contributed by atoms with Crippen molar-refractivity contribution in [3.8, 4) is 11.5 Å². The zero-order chi connectivity index (χ0) is 21.1. The van der Waals surface area contributed by atoms with Gasteiger partial charge < -0.3 is 9.47 Å². The molecule has 0 aromatic heterocycles. The van der Waals surface area contributed by atoms with E-state index in [0.29, 0.717) is 28.2 Å². The van der Waals surface area contributed by atoms with Gasteiger partial charge in [0.25, 0.3) is 11.8 Å². The quantitative estimate of drug-likeness (QED) is 0.459. The Morgan fingerprint density at radius 1 is 0.933 bits per heavy atom. The third kappa shape index (κ3) is 3.77. The molecule has 0 aliphatic carbocycles. The second kappa shape index (κ2) is 8.16. The molecule has 6 nitrogen and oxygen atoms in total. The van der Waals surface area contributed by atoms with E-state index in [4.69, 9.17) is 9.47 Å². The molecule has 0 N–H and O–H groups in total. The summed E-state index contributed by atoms with van der Waals surface area (Å²) in [6.45, 7) is 0.249. The molecular weight excluding hydrogens is 387 g/mol. The van der Waals surface area contributed by atoms with Crippen LogP contribution in [-0.2, 0) is 6.61 Å². The van der Waals surface area contributed by atoms with Crippen LogP contribution in [-0.4, -0.2) is 30.1 Å². The molecule has 3 aromatic carbocycles. The van der Waals surface area contributed by atoms with Crippen molar-refractivity contribution in [2.45, 2.75) is 6.61 Å². The van der Waals surface area contributed by atoms with Crippen LogP contribution in [0.1, 0.15) is 31.8 Å². The molecule has 4 rings (SSSR count). The Hall–Kier alpha value is -4.00. The van der Waals surface area contributed by atoms with E-state index in [1.807, 2.05) is 0 Å². The minimum Gasteiger partial charge on any atom is -0.493 e. The molecule has 0 spiro atoms. The summed E-state index contributed by atoms with van der Waals surface area (Å²) < 4.78 is 24.1. The fraction of sp³-hybridized carbons (Fsp3) is 0.0870. The summed E-state index contributed by atoms with van der Waals surface area (Å²) in [5.41, 5.74) is 2.11. The summed E-state index contributed by atoms with van der Waals surface area (Å²) in [5.74, 6) is -0.266. The summed E-state index contributed by atoms with van der Waals surface area (Å²) in [7, 11) is 1.51. The monoisotopic (exact) mass is 404 g/mol. The number of methoxy groups -OCH3 is 1. The number of imide groups is 1. The summed E-state index contributed by atoms with van der Waals surface area (Å²) in [6, 6.07) is 17.7. The summed E-state index contributed by atoms with van der Waals surface area (Å²) in [5, 5.41) is 4.90. The first-order chi connectivity index (χ1) is 14.6. The predicted molar refractivity (Wildman–Crippen MR) is 108 cm³/mol. The van der Waals surface area contributed by atoms with Gasteiger partial charge in [0.2, 0.25) is 0 Å². The highest BCUT2D eigenvalue weighted by Gasteiger charge is 2.35. The molecule has 30 heavy (non-hydrogen) atoms. The van der Waals surface area contributed by atoms with E-state index in [1.165, 1.54) is 25.5 Å². The van der Waals surface area contributed by atoms with Crippen molar-refractivity contribution in [3.05, 3.63) is 94.8 Å². The largest absolute Gasteiger partial charge is 0.493 e. The number of ether oxygens (including phenoxy) is 2. The van der Waals surface area contributed by atoms with Crippen LogP contribution < -0.4 is 9.47 Å². The van der Waals surface area contributed by atoms with Gasteiger partial charge in [-0.15, -0.1) is 0 Å². The Balaban J connectivity index is 1.48. The molecule has 0 unspecified atom stereocenters. The van der Waals surface area contributed by atoms with Crippen LogP contribution in [0, 0.1) is 5.82 Å². The molecule has 2 amide bonds. The van der Waals surface area contributed by atoms with Gasteiger partial charge in [-0.2, -0.15) is 10.1 Å². The molecule has 0 fully saturated rings. The van der Waals surface area contributed by atoms with Gasteiger partial charge in [0.15, 0.2) is 11.5 Å². The maximum Gasteiger partial charge on any atom is 0.282 e. The van der Waals surface area contributed by atoms with Gasteiger partial charge in [-0.25, -0.2) is 4.39 Å². The lowest BCUT2D eigenvalue weighted by Gasteiger charge is -2.11. The number of nitrogens with zero attached hydrogens (tertiary/aromatic N) is 2. The third-order valence-electron chi connectivity index (χ3n) is 4.59. The van der Waals surface area contributed by atoms with Gasteiger partial charge in [-0.3, -0.25) is 9.59 Å². The lowest BCUT2D eigenvalue weighted by molar-refractivity contribution is 0.0660. The minimum absolute atomic E-state index is 0.249. The highest BCUT2D eigenvalue weighted by molar-refractivity contribution is 6.21. The second-order valence-corrected chi connectivity index (χ2v) is 6.54. The predicted octanol–water partition coefficient (Wildman–Crippen LogP) is 4.04. The third-order valence-corrected chi connectivity index (χ3v) is 4.59. The number of hydrogen-bond donors (Lipinski definition) is 0. The Kier molecular flexibility index (Phi) is 5.26.